The maximum atomic E-state index is 9.56. The molecule has 3 rings (SSSR count). The predicted molar refractivity (Wildman–Crippen MR) is 112 cm³/mol. The molecule has 0 amide bonds. The molecule has 27 heavy (non-hydrogen) atoms. The lowest BCUT2D eigenvalue weighted by atomic mass is 10.2. The summed E-state index contributed by atoms with van der Waals surface area (Å²) in [6.07, 6.45) is 1.81. The summed E-state index contributed by atoms with van der Waals surface area (Å²) in [6.45, 7) is 4.91. The summed E-state index contributed by atoms with van der Waals surface area (Å²) in [5, 5.41) is 10.2. The van der Waals surface area contributed by atoms with Gasteiger partial charge in [-0.05, 0) is 77.4 Å². The van der Waals surface area contributed by atoms with Gasteiger partial charge in [0.2, 0.25) is 0 Å². The molecule has 0 bridgehead atoms. The number of para-hydroxylation sites is 2. The van der Waals surface area contributed by atoms with Gasteiger partial charge in [0.15, 0.2) is 16.7 Å². The number of ether oxygens (including phenoxy) is 2. The third-order valence-electron chi connectivity index (χ3n) is 3.60. The van der Waals surface area contributed by atoms with Crippen molar-refractivity contribution in [2.24, 2.45) is 0 Å². The Morgan fingerprint density at radius 1 is 1.26 bits per heavy atom. The maximum absolute atomic E-state index is 9.56. The van der Waals surface area contributed by atoms with Gasteiger partial charge in [0.05, 0.1) is 33.6 Å². The summed E-state index contributed by atoms with van der Waals surface area (Å²) in [5.74, 6) is 1.31. The lowest BCUT2D eigenvalue weighted by Gasteiger charge is -2.13. The van der Waals surface area contributed by atoms with E-state index in [0.29, 0.717) is 34.8 Å². The van der Waals surface area contributed by atoms with E-state index in [0.717, 1.165) is 21.1 Å². The van der Waals surface area contributed by atoms with Crippen LogP contribution in [0.15, 0.2) is 50.9 Å². The van der Waals surface area contributed by atoms with Crippen LogP contribution >= 0.6 is 27.7 Å². The number of nitrogens with one attached hydrogen (secondary N) is 1. The third-order valence-corrected chi connectivity index (χ3v) is 5.01. The highest BCUT2D eigenvalue weighted by Crippen LogP contribution is 2.38. The van der Waals surface area contributed by atoms with Crippen molar-refractivity contribution in [2.75, 3.05) is 13.2 Å². The largest absolute Gasteiger partial charge is 0.490 e. The van der Waals surface area contributed by atoms with Crippen molar-refractivity contribution in [2.45, 2.75) is 19.0 Å². The number of benzene rings is 2. The van der Waals surface area contributed by atoms with E-state index in [1.807, 2.05) is 50.2 Å². The Kier molecular flexibility index (Phi) is 6.43. The van der Waals surface area contributed by atoms with Crippen molar-refractivity contribution in [3.05, 3.63) is 51.3 Å². The van der Waals surface area contributed by atoms with Gasteiger partial charge < -0.3 is 14.5 Å². The number of imidazole rings is 1. The first-order chi connectivity index (χ1) is 13.1. The highest BCUT2D eigenvalue weighted by molar-refractivity contribution is 9.10. The SMILES string of the molecule is CCOc1cc(/C=C(\C#N)Sc2nc3ccccc3[nH]2)cc(Br)c1OCC. The van der Waals surface area contributed by atoms with Crippen LogP contribution in [-0.2, 0) is 0 Å². The fourth-order valence-corrected chi connectivity index (χ4v) is 3.86. The fraction of sp³-hybridized carbons (Fsp3) is 0.200. The molecule has 0 aliphatic heterocycles. The average molecular weight is 444 g/mol. The standard InChI is InChI=1S/C20H18BrN3O2S/c1-3-25-18-11-13(10-15(21)19(18)26-4-2)9-14(12-22)27-20-23-16-7-5-6-8-17(16)24-20/h5-11H,3-4H2,1-2H3,(H,23,24)/b14-9+. The Balaban J connectivity index is 1.91. The molecule has 7 heteroatoms. The molecule has 0 fully saturated rings. The number of nitrogens with zero attached hydrogens (tertiary/aromatic N) is 2. The molecule has 138 valence electrons. The number of nitriles is 1. The smallest absolute Gasteiger partial charge is 0.175 e. The summed E-state index contributed by atoms with van der Waals surface area (Å²) in [7, 11) is 0. The van der Waals surface area contributed by atoms with Crippen LogP contribution in [0.4, 0.5) is 0 Å². The molecule has 1 N–H and O–H groups in total. The quantitative estimate of drug-likeness (QED) is 0.370. The van der Waals surface area contributed by atoms with E-state index in [1.54, 1.807) is 6.08 Å². The van der Waals surface area contributed by atoms with Crippen LogP contribution in [0.1, 0.15) is 19.4 Å². The monoisotopic (exact) mass is 443 g/mol. The number of hydrogen-bond acceptors (Lipinski definition) is 5. The van der Waals surface area contributed by atoms with E-state index in [9.17, 15) is 5.26 Å². The number of H-pyrrole nitrogens is 1. The Morgan fingerprint density at radius 2 is 2.04 bits per heavy atom. The number of rotatable bonds is 7. The first kappa shape index (κ1) is 19.3. The number of thioether (sulfide) groups is 1. The molecule has 0 aliphatic carbocycles. The average Bonchev–Trinajstić information content (AvgIpc) is 3.06. The van der Waals surface area contributed by atoms with Crippen LogP contribution in [0.3, 0.4) is 0 Å². The van der Waals surface area contributed by atoms with Crippen molar-refractivity contribution < 1.29 is 9.47 Å². The van der Waals surface area contributed by atoms with Crippen LogP contribution in [0, 0.1) is 11.3 Å². The van der Waals surface area contributed by atoms with Crippen molar-refractivity contribution >= 4 is 44.8 Å². The van der Waals surface area contributed by atoms with E-state index in [2.05, 4.69) is 32.0 Å². The van der Waals surface area contributed by atoms with E-state index < -0.39 is 0 Å². The van der Waals surface area contributed by atoms with Gasteiger partial charge in [-0.3, -0.25) is 0 Å². The zero-order valence-electron chi connectivity index (χ0n) is 15.0. The molecule has 0 radical (unpaired) electrons. The first-order valence-electron chi connectivity index (χ1n) is 8.48. The molecule has 0 aliphatic rings. The molecule has 2 aromatic carbocycles. The topological polar surface area (TPSA) is 70.9 Å². The van der Waals surface area contributed by atoms with Crippen LogP contribution < -0.4 is 9.47 Å². The summed E-state index contributed by atoms with van der Waals surface area (Å²) in [5.41, 5.74) is 2.66. The highest BCUT2D eigenvalue weighted by atomic mass is 79.9. The molecular weight excluding hydrogens is 426 g/mol. The van der Waals surface area contributed by atoms with Crippen LogP contribution in [-0.4, -0.2) is 23.2 Å². The lowest BCUT2D eigenvalue weighted by Crippen LogP contribution is -1.99. The van der Waals surface area contributed by atoms with Crippen LogP contribution in [0.5, 0.6) is 11.5 Å². The van der Waals surface area contributed by atoms with Crippen molar-refractivity contribution in [3.8, 4) is 17.6 Å². The van der Waals surface area contributed by atoms with Gasteiger partial charge in [-0.1, -0.05) is 12.1 Å². The van der Waals surface area contributed by atoms with E-state index in [1.165, 1.54) is 11.8 Å². The number of fused-ring (bicyclic) bond motifs is 1. The van der Waals surface area contributed by atoms with Gasteiger partial charge in [-0.15, -0.1) is 0 Å². The maximum Gasteiger partial charge on any atom is 0.175 e. The molecule has 1 aromatic heterocycles. The molecular formula is C20H18BrN3O2S. The van der Waals surface area contributed by atoms with Gasteiger partial charge in [0.25, 0.3) is 0 Å². The number of aromatic amines is 1. The fourth-order valence-electron chi connectivity index (χ4n) is 2.54. The Hall–Kier alpha value is -2.43. The second-order valence-corrected chi connectivity index (χ2v) is 7.36. The Morgan fingerprint density at radius 3 is 2.74 bits per heavy atom. The molecule has 0 unspecified atom stereocenters. The van der Waals surface area contributed by atoms with E-state index >= 15 is 0 Å². The Bertz CT molecular complexity index is 991. The highest BCUT2D eigenvalue weighted by Gasteiger charge is 2.12. The zero-order valence-corrected chi connectivity index (χ0v) is 17.4. The minimum Gasteiger partial charge on any atom is -0.490 e. The number of allylic oxidation sites excluding steroid dienone is 1. The van der Waals surface area contributed by atoms with Gasteiger partial charge in [-0.2, -0.15) is 5.26 Å². The molecule has 0 spiro atoms. The van der Waals surface area contributed by atoms with Gasteiger partial charge in [-0.25, -0.2) is 4.98 Å². The third kappa shape index (κ3) is 4.65. The van der Waals surface area contributed by atoms with Gasteiger partial charge in [0, 0.05) is 0 Å². The molecule has 1 heterocycles. The van der Waals surface area contributed by atoms with Crippen molar-refractivity contribution in [1.82, 2.24) is 9.97 Å². The summed E-state index contributed by atoms with van der Waals surface area (Å²) in [4.78, 5) is 8.25. The minimum atomic E-state index is 0.521. The molecule has 5 nitrogen and oxygen atoms in total. The zero-order chi connectivity index (χ0) is 19.2. The minimum absolute atomic E-state index is 0.521. The summed E-state index contributed by atoms with van der Waals surface area (Å²) >= 11 is 4.82. The van der Waals surface area contributed by atoms with E-state index in [-0.39, 0.29) is 0 Å². The van der Waals surface area contributed by atoms with Crippen molar-refractivity contribution in [3.63, 3.8) is 0 Å². The molecule has 0 atom stereocenters. The van der Waals surface area contributed by atoms with Crippen LogP contribution in [0.2, 0.25) is 0 Å². The number of aromatic nitrogens is 2. The lowest BCUT2D eigenvalue weighted by molar-refractivity contribution is 0.286. The second kappa shape index (κ2) is 8.98. The molecule has 3 aromatic rings. The first-order valence-corrected chi connectivity index (χ1v) is 10.1. The summed E-state index contributed by atoms with van der Waals surface area (Å²) in [6, 6.07) is 13.8. The number of hydrogen-bond donors (Lipinski definition) is 1. The van der Waals surface area contributed by atoms with Gasteiger partial charge in [0.1, 0.15) is 6.07 Å². The van der Waals surface area contributed by atoms with Crippen molar-refractivity contribution in [1.29, 1.82) is 5.26 Å². The molecule has 0 saturated carbocycles. The van der Waals surface area contributed by atoms with Gasteiger partial charge >= 0.3 is 0 Å². The normalized spacial score (nSPS) is 11.4. The number of halogens is 1. The molecule has 0 saturated heterocycles. The predicted octanol–water partition coefficient (Wildman–Crippen LogP) is 5.78. The van der Waals surface area contributed by atoms with E-state index in [4.69, 9.17) is 9.47 Å². The second-order valence-electron chi connectivity index (χ2n) is 5.48. The summed E-state index contributed by atoms with van der Waals surface area (Å²) < 4.78 is 12.1. The Labute approximate surface area is 170 Å². The van der Waals surface area contributed by atoms with Crippen LogP contribution in [0.25, 0.3) is 17.1 Å².